The summed E-state index contributed by atoms with van der Waals surface area (Å²) in [6, 6.07) is 21.0. The van der Waals surface area contributed by atoms with Crippen LogP contribution in [0.3, 0.4) is 0 Å². The van der Waals surface area contributed by atoms with E-state index in [1.807, 2.05) is 30.3 Å². The van der Waals surface area contributed by atoms with Gasteiger partial charge in [0.1, 0.15) is 5.75 Å². The lowest BCUT2D eigenvalue weighted by Gasteiger charge is -2.08. The molecule has 7 nitrogen and oxygen atoms in total. The smallest absolute Gasteiger partial charge is 0.257 e. The summed E-state index contributed by atoms with van der Waals surface area (Å²) in [5, 5.41) is 29.8. The van der Waals surface area contributed by atoms with Gasteiger partial charge in [0, 0.05) is 6.54 Å². The lowest BCUT2D eigenvalue weighted by molar-refractivity contribution is -0.123. The van der Waals surface area contributed by atoms with Gasteiger partial charge in [-0.2, -0.15) is 10.2 Å². The summed E-state index contributed by atoms with van der Waals surface area (Å²) >= 11 is 0. The number of ether oxygens (including phenoxy) is 1. The van der Waals surface area contributed by atoms with Gasteiger partial charge >= 0.3 is 0 Å². The van der Waals surface area contributed by atoms with Gasteiger partial charge in [-0.15, -0.1) is 0 Å². The Labute approximate surface area is 168 Å². The van der Waals surface area contributed by atoms with Crippen LogP contribution in [-0.2, 0) is 11.2 Å². The summed E-state index contributed by atoms with van der Waals surface area (Å²) in [6.07, 6.45) is 0.528. The van der Waals surface area contributed by atoms with Crippen molar-refractivity contribution in [2.75, 3.05) is 13.2 Å². The molecule has 0 atom stereocenters. The van der Waals surface area contributed by atoms with Crippen molar-refractivity contribution in [3.63, 3.8) is 0 Å². The highest BCUT2D eigenvalue weighted by Gasteiger charge is 2.04. The Hall–Kier alpha value is -3.87. The number of azo groups is 1. The van der Waals surface area contributed by atoms with Gasteiger partial charge in [-0.3, -0.25) is 4.79 Å². The van der Waals surface area contributed by atoms with Gasteiger partial charge < -0.3 is 20.3 Å². The van der Waals surface area contributed by atoms with Gasteiger partial charge in [-0.25, -0.2) is 0 Å². The van der Waals surface area contributed by atoms with Gasteiger partial charge in [0.15, 0.2) is 18.1 Å². The first-order valence-corrected chi connectivity index (χ1v) is 9.07. The normalized spacial score (nSPS) is 10.8. The third-order valence-electron chi connectivity index (χ3n) is 4.02. The summed E-state index contributed by atoms with van der Waals surface area (Å²) in [7, 11) is 0. The van der Waals surface area contributed by atoms with E-state index in [0.29, 0.717) is 24.4 Å². The average Bonchev–Trinajstić information content (AvgIpc) is 2.75. The van der Waals surface area contributed by atoms with Crippen LogP contribution >= 0.6 is 0 Å². The molecule has 0 aromatic heterocycles. The number of carbonyl (C=O) groups excluding carboxylic acids is 1. The second-order valence-corrected chi connectivity index (χ2v) is 6.24. The summed E-state index contributed by atoms with van der Waals surface area (Å²) in [4.78, 5) is 11.9. The number of rotatable bonds is 8. The molecule has 3 aromatic rings. The van der Waals surface area contributed by atoms with Gasteiger partial charge in [0.25, 0.3) is 5.91 Å². The molecular formula is C22H21N3O4. The van der Waals surface area contributed by atoms with E-state index in [4.69, 9.17) is 4.74 Å². The molecule has 3 rings (SSSR count). The van der Waals surface area contributed by atoms with Gasteiger partial charge in [0.2, 0.25) is 0 Å². The summed E-state index contributed by atoms with van der Waals surface area (Å²) in [5.41, 5.74) is 2.26. The second kappa shape index (κ2) is 9.89. The zero-order chi connectivity index (χ0) is 20.5. The molecule has 3 N–H and O–H groups in total. The highest BCUT2D eigenvalue weighted by Crippen LogP contribution is 2.25. The second-order valence-electron chi connectivity index (χ2n) is 6.24. The number of hydrogen-bond acceptors (Lipinski definition) is 6. The first-order chi connectivity index (χ1) is 14.1. The molecule has 0 aliphatic heterocycles. The zero-order valence-corrected chi connectivity index (χ0v) is 15.7. The van der Waals surface area contributed by atoms with Crippen LogP contribution in [0.25, 0.3) is 0 Å². The summed E-state index contributed by atoms with van der Waals surface area (Å²) in [5.74, 6) is -0.0363. The highest BCUT2D eigenvalue weighted by atomic mass is 16.5. The number of aromatic hydroxyl groups is 2. The van der Waals surface area contributed by atoms with Gasteiger partial charge in [-0.1, -0.05) is 24.3 Å². The number of carbonyl (C=O) groups is 1. The number of benzene rings is 3. The zero-order valence-electron chi connectivity index (χ0n) is 15.7. The molecule has 0 aliphatic carbocycles. The number of phenolic OH excluding ortho intramolecular Hbond substituents is 2. The summed E-state index contributed by atoms with van der Waals surface area (Å²) < 4.78 is 5.47. The van der Waals surface area contributed by atoms with Crippen LogP contribution in [0.5, 0.6) is 17.2 Å². The number of nitrogens with zero attached hydrogens (tertiary/aromatic N) is 2. The Morgan fingerprint density at radius 3 is 2.24 bits per heavy atom. The van der Waals surface area contributed by atoms with Crippen molar-refractivity contribution in [1.82, 2.24) is 5.32 Å². The first-order valence-electron chi connectivity index (χ1n) is 9.07. The van der Waals surface area contributed by atoms with Crippen LogP contribution in [0.2, 0.25) is 0 Å². The van der Waals surface area contributed by atoms with Crippen molar-refractivity contribution in [2.24, 2.45) is 10.2 Å². The summed E-state index contributed by atoms with van der Waals surface area (Å²) in [6.45, 7) is 0.289. The van der Waals surface area contributed by atoms with E-state index in [1.165, 1.54) is 12.1 Å². The van der Waals surface area contributed by atoms with E-state index in [9.17, 15) is 15.0 Å². The quantitative estimate of drug-likeness (QED) is 0.394. The number of phenols is 2. The van der Waals surface area contributed by atoms with Crippen LogP contribution in [0, 0.1) is 0 Å². The van der Waals surface area contributed by atoms with Crippen LogP contribution in [0.15, 0.2) is 83.0 Å². The Kier molecular flexibility index (Phi) is 6.78. The topological polar surface area (TPSA) is 104 Å². The van der Waals surface area contributed by atoms with Gasteiger partial charge in [0.05, 0.1) is 11.4 Å². The average molecular weight is 391 g/mol. The van der Waals surface area contributed by atoms with E-state index in [0.717, 1.165) is 11.3 Å². The fourth-order valence-corrected chi connectivity index (χ4v) is 2.49. The molecular weight excluding hydrogens is 370 g/mol. The van der Waals surface area contributed by atoms with Crippen molar-refractivity contribution < 1.29 is 19.7 Å². The molecule has 148 valence electrons. The number of amides is 1. The van der Waals surface area contributed by atoms with E-state index >= 15 is 0 Å². The van der Waals surface area contributed by atoms with Crippen molar-refractivity contribution in [2.45, 2.75) is 6.42 Å². The van der Waals surface area contributed by atoms with Gasteiger partial charge in [-0.05, 0) is 60.5 Å². The van der Waals surface area contributed by atoms with Crippen molar-refractivity contribution in [1.29, 1.82) is 0 Å². The fourth-order valence-electron chi connectivity index (χ4n) is 2.49. The molecule has 29 heavy (non-hydrogen) atoms. The minimum atomic E-state index is -0.249. The number of nitrogens with one attached hydrogen (secondary N) is 1. The predicted octanol–water partition coefficient (Wildman–Crippen LogP) is 4.25. The Morgan fingerprint density at radius 2 is 1.55 bits per heavy atom. The molecule has 0 unspecified atom stereocenters. The SMILES string of the molecule is O=C(COc1ccc(N=Nc2ccccc2)cc1)NCCc1ccc(O)c(O)c1. The molecule has 0 heterocycles. The largest absolute Gasteiger partial charge is 0.504 e. The monoisotopic (exact) mass is 391 g/mol. The molecule has 0 fully saturated rings. The molecule has 0 bridgehead atoms. The fraction of sp³-hybridized carbons (Fsp3) is 0.136. The van der Waals surface area contributed by atoms with E-state index in [1.54, 1.807) is 30.3 Å². The highest BCUT2D eigenvalue weighted by molar-refractivity contribution is 5.77. The first kappa shape index (κ1) is 19.9. The lowest BCUT2D eigenvalue weighted by atomic mass is 10.1. The van der Waals surface area contributed by atoms with Crippen LogP contribution < -0.4 is 10.1 Å². The van der Waals surface area contributed by atoms with E-state index in [-0.39, 0.29) is 24.0 Å². The molecule has 0 radical (unpaired) electrons. The van der Waals surface area contributed by atoms with Crippen LogP contribution in [0.4, 0.5) is 11.4 Å². The number of hydrogen-bond donors (Lipinski definition) is 3. The minimum Gasteiger partial charge on any atom is -0.504 e. The maximum atomic E-state index is 11.9. The molecule has 1 amide bonds. The Balaban J connectivity index is 1.40. The molecule has 0 saturated heterocycles. The standard InChI is InChI=1S/C22H21N3O4/c26-20-11-6-16(14-21(20)27)12-13-23-22(28)15-29-19-9-7-18(8-10-19)25-24-17-4-2-1-3-5-17/h1-11,14,26-27H,12-13,15H2,(H,23,28). The Morgan fingerprint density at radius 1 is 0.862 bits per heavy atom. The Bertz CT molecular complexity index is 973. The maximum absolute atomic E-state index is 11.9. The van der Waals surface area contributed by atoms with Crippen molar-refractivity contribution in [3.8, 4) is 17.2 Å². The molecule has 0 saturated carbocycles. The molecule has 3 aromatic carbocycles. The lowest BCUT2D eigenvalue weighted by Crippen LogP contribution is -2.30. The predicted molar refractivity (Wildman–Crippen MR) is 109 cm³/mol. The third kappa shape index (κ3) is 6.35. The molecule has 0 aliphatic rings. The molecule has 7 heteroatoms. The minimum absolute atomic E-state index is 0.105. The van der Waals surface area contributed by atoms with Crippen molar-refractivity contribution >= 4 is 17.3 Å². The maximum Gasteiger partial charge on any atom is 0.257 e. The van der Waals surface area contributed by atoms with Crippen LogP contribution in [0.1, 0.15) is 5.56 Å². The van der Waals surface area contributed by atoms with Crippen molar-refractivity contribution in [3.05, 3.63) is 78.4 Å². The van der Waals surface area contributed by atoms with Crippen LogP contribution in [-0.4, -0.2) is 29.3 Å². The third-order valence-corrected chi connectivity index (χ3v) is 4.02. The molecule has 0 spiro atoms. The van der Waals surface area contributed by atoms with E-state index < -0.39 is 0 Å². The van der Waals surface area contributed by atoms with E-state index in [2.05, 4.69) is 15.5 Å².